The van der Waals surface area contributed by atoms with Gasteiger partial charge >= 0.3 is 0 Å². The Morgan fingerprint density at radius 1 is 1.00 bits per heavy atom. The summed E-state index contributed by atoms with van der Waals surface area (Å²) in [6, 6.07) is 0. The second kappa shape index (κ2) is 11.9. The van der Waals surface area contributed by atoms with Crippen LogP contribution in [0.25, 0.3) is 0 Å². The van der Waals surface area contributed by atoms with Crippen LogP contribution in [0.2, 0.25) is 0 Å². The van der Waals surface area contributed by atoms with Crippen LogP contribution in [0.4, 0.5) is 0 Å². The first-order valence-corrected chi connectivity index (χ1v) is 7.14. The average Bonchev–Trinajstić information content (AvgIpc) is 2.40. The molecule has 0 aliphatic rings. The summed E-state index contributed by atoms with van der Waals surface area (Å²) in [7, 11) is 1.89. The van der Waals surface area contributed by atoms with Crippen molar-refractivity contribution in [3.63, 3.8) is 0 Å². The number of ether oxygens (including phenoxy) is 2. The molecule has 0 aromatic rings. The predicted molar refractivity (Wildman–Crippen MR) is 74.9 cm³/mol. The normalized spacial score (nSPS) is 14.7. The number of rotatable bonds is 13. The minimum atomic E-state index is -0.150. The van der Waals surface area contributed by atoms with Crippen molar-refractivity contribution in [1.82, 2.24) is 5.32 Å². The van der Waals surface area contributed by atoms with Gasteiger partial charge in [0.15, 0.2) is 0 Å². The Bertz CT molecular complexity index is 172. The van der Waals surface area contributed by atoms with Crippen LogP contribution in [0.3, 0.4) is 0 Å². The lowest BCUT2D eigenvalue weighted by molar-refractivity contribution is 0.0444. The summed E-state index contributed by atoms with van der Waals surface area (Å²) in [5, 5.41) is 12.4. The number of aliphatic hydroxyl groups is 1. The van der Waals surface area contributed by atoms with Crippen molar-refractivity contribution < 1.29 is 14.6 Å². The molecule has 2 N–H and O–H groups in total. The number of aliphatic hydroxyl groups excluding tert-OH is 1. The molecule has 0 radical (unpaired) electrons. The molecule has 0 rings (SSSR count). The summed E-state index contributed by atoms with van der Waals surface area (Å²) in [4.78, 5) is 0. The van der Waals surface area contributed by atoms with E-state index in [9.17, 15) is 5.11 Å². The lowest BCUT2D eigenvalue weighted by atomic mass is 9.96. The fourth-order valence-electron chi connectivity index (χ4n) is 1.57. The summed E-state index contributed by atoms with van der Waals surface area (Å²) in [6.07, 6.45) is 5.37. The zero-order valence-electron chi connectivity index (χ0n) is 12.3. The molecule has 0 saturated carbocycles. The number of nitrogens with one attached hydrogen (secondary N) is 1. The molecule has 0 saturated heterocycles. The quantitative estimate of drug-likeness (QED) is 0.498. The molecule has 0 aromatic carbocycles. The highest BCUT2D eigenvalue weighted by Crippen LogP contribution is 2.12. The monoisotopic (exact) mass is 261 g/mol. The number of likely N-dealkylation sites (N-methyl/N-ethyl adjacent to an activating group) is 1. The van der Waals surface area contributed by atoms with E-state index in [-0.39, 0.29) is 12.1 Å². The van der Waals surface area contributed by atoms with Crippen LogP contribution < -0.4 is 5.32 Å². The van der Waals surface area contributed by atoms with Crippen molar-refractivity contribution >= 4 is 0 Å². The van der Waals surface area contributed by atoms with Gasteiger partial charge in [0.2, 0.25) is 0 Å². The van der Waals surface area contributed by atoms with E-state index in [1.54, 1.807) is 0 Å². The van der Waals surface area contributed by atoms with E-state index in [4.69, 9.17) is 9.47 Å². The van der Waals surface area contributed by atoms with Crippen LogP contribution in [-0.4, -0.2) is 50.7 Å². The van der Waals surface area contributed by atoms with E-state index in [0.717, 1.165) is 38.9 Å². The Hall–Kier alpha value is -0.160. The fraction of sp³-hybridized carbons (Fsp3) is 1.00. The maximum Gasteiger partial charge on any atom is 0.0700 e. The maximum absolute atomic E-state index is 9.22. The maximum atomic E-state index is 9.22. The van der Waals surface area contributed by atoms with Crippen molar-refractivity contribution in [2.24, 2.45) is 0 Å². The van der Waals surface area contributed by atoms with Crippen molar-refractivity contribution in [3.8, 4) is 0 Å². The van der Waals surface area contributed by atoms with Gasteiger partial charge in [-0.3, -0.25) is 0 Å². The van der Waals surface area contributed by atoms with Gasteiger partial charge in [-0.2, -0.15) is 0 Å². The fourth-order valence-corrected chi connectivity index (χ4v) is 1.57. The molecule has 0 aromatic heterocycles. The number of unbranched alkanes of at least 4 members (excludes halogenated alkanes) is 2. The summed E-state index contributed by atoms with van der Waals surface area (Å²) < 4.78 is 10.9. The van der Waals surface area contributed by atoms with E-state index in [1.165, 1.54) is 6.42 Å². The van der Waals surface area contributed by atoms with Crippen LogP contribution in [-0.2, 0) is 9.47 Å². The van der Waals surface area contributed by atoms with Gasteiger partial charge in [0.1, 0.15) is 0 Å². The highest BCUT2D eigenvalue weighted by atomic mass is 16.5. The van der Waals surface area contributed by atoms with Crippen LogP contribution in [0.5, 0.6) is 0 Å². The first-order chi connectivity index (χ1) is 8.68. The summed E-state index contributed by atoms with van der Waals surface area (Å²) in [5.74, 6) is 0. The topological polar surface area (TPSA) is 50.7 Å². The molecule has 0 spiro atoms. The highest BCUT2D eigenvalue weighted by molar-refractivity contribution is 4.79. The van der Waals surface area contributed by atoms with Crippen LogP contribution in [0.15, 0.2) is 0 Å². The molecule has 1 atom stereocenters. The number of hydrogen-bond donors (Lipinski definition) is 2. The van der Waals surface area contributed by atoms with Gasteiger partial charge in [0.25, 0.3) is 0 Å². The second-order valence-electron chi connectivity index (χ2n) is 5.00. The minimum absolute atomic E-state index is 0.150. The molecule has 0 heterocycles. The van der Waals surface area contributed by atoms with Crippen molar-refractivity contribution in [2.45, 2.75) is 51.5 Å². The largest absolute Gasteiger partial charge is 0.394 e. The molecule has 4 nitrogen and oxygen atoms in total. The standard InChI is InChI=1S/C14H31NO3/c1-4-5-9-17-11-12-18-10-7-6-8-14(2,13-16)15-3/h15-16H,4-13H2,1-3H3. The molecular weight excluding hydrogens is 230 g/mol. The van der Waals surface area contributed by atoms with Crippen molar-refractivity contribution in [1.29, 1.82) is 0 Å². The van der Waals surface area contributed by atoms with Gasteiger partial charge in [0.05, 0.1) is 19.8 Å². The third-order valence-corrected chi connectivity index (χ3v) is 3.23. The first kappa shape index (κ1) is 17.8. The van der Waals surface area contributed by atoms with E-state index < -0.39 is 0 Å². The Balaban J connectivity index is 3.21. The SMILES string of the molecule is CCCCOCCOCCCCC(C)(CO)NC. The molecule has 4 heteroatoms. The second-order valence-corrected chi connectivity index (χ2v) is 5.00. The molecule has 110 valence electrons. The van der Waals surface area contributed by atoms with Crippen LogP contribution in [0.1, 0.15) is 46.0 Å². The smallest absolute Gasteiger partial charge is 0.0700 e. The van der Waals surface area contributed by atoms with Crippen LogP contribution >= 0.6 is 0 Å². The van der Waals surface area contributed by atoms with Crippen molar-refractivity contribution in [3.05, 3.63) is 0 Å². The lowest BCUT2D eigenvalue weighted by Gasteiger charge is -2.26. The Morgan fingerprint density at radius 2 is 1.61 bits per heavy atom. The Kier molecular flexibility index (Phi) is 11.8. The molecule has 0 aliphatic carbocycles. The van der Waals surface area contributed by atoms with Gasteiger partial charge in [-0.1, -0.05) is 13.3 Å². The van der Waals surface area contributed by atoms with Gasteiger partial charge in [-0.25, -0.2) is 0 Å². The van der Waals surface area contributed by atoms with E-state index >= 15 is 0 Å². The predicted octanol–water partition coefficient (Wildman–Crippen LogP) is 1.96. The zero-order valence-corrected chi connectivity index (χ0v) is 12.3. The first-order valence-electron chi connectivity index (χ1n) is 7.14. The molecule has 0 bridgehead atoms. The van der Waals surface area contributed by atoms with Crippen LogP contribution in [0, 0.1) is 0 Å². The summed E-state index contributed by atoms with van der Waals surface area (Å²) >= 11 is 0. The Morgan fingerprint density at radius 3 is 2.11 bits per heavy atom. The molecule has 0 aliphatic heterocycles. The number of hydrogen-bond acceptors (Lipinski definition) is 4. The lowest BCUT2D eigenvalue weighted by Crippen LogP contribution is -2.43. The van der Waals surface area contributed by atoms with Gasteiger partial charge in [0, 0.05) is 18.8 Å². The van der Waals surface area contributed by atoms with Gasteiger partial charge < -0.3 is 19.9 Å². The summed E-state index contributed by atoms with van der Waals surface area (Å²) in [6.45, 7) is 7.38. The Labute approximate surface area is 112 Å². The third kappa shape index (κ3) is 9.83. The zero-order chi connectivity index (χ0) is 13.7. The molecular formula is C14H31NO3. The van der Waals surface area contributed by atoms with E-state index in [0.29, 0.717) is 13.2 Å². The van der Waals surface area contributed by atoms with Gasteiger partial charge in [-0.15, -0.1) is 0 Å². The minimum Gasteiger partial charge on any atom is -0.394 e. The third-order valence-electron chi connectivity index (χ3n) is 3.23. The summed E-state index contributed by atoms with van der Waals surface area (Å²) in [5.41, 5.74) is -0.150. The molecule has 0 fully saturated rings. The van der Waals surface area contributed by atoms with E-state index in [2.05, 4.69) is 12.2 Å². The molecule has 18 heavy (non-hydrogen) atoms. The van der Waals surface area contributed by atoms with Gasteiger partial charge in [-0.05, 0) is 39.7 Å². The average molecular weight is 261 g/mol. The molecule has 0 amide bonds. The highest BCUT2D eigenvalue weighted by Gasteiger charge is 2.19. The van der Waals surface area contributed by atoms with Crippen molar-refractivity contribution in [2.75, 3.05) is 40.1 Å². The molecule has 1 unspecified atom stereocenters. The van der Waals surface area contributed by atoms with E-state index in [1.807, 2.05) is 14.0 Å².